The molecule has 2 rings (SSSR count). The highest BCUT2D eigenvalue weighted by atomic mass is 32.2. The van der Waals surface area contributed by atoms with Crippen molar-refractivity contribution in [2.24, 2.45) is 0 Å². The van der Waals surface area contributed by atoms with E-state index < -0.39 is 27.2 Å². The van der Waals surface area contributed by atoms with Crippen molar-refractivity contribution in [3.8, 4) is 0 Å². The molecule has 0 aliphatic heterocycles. The largest absolute Gasteiger partial charge is 0.455 e. The molecule has 1 heterocycles. The van der Waals surface area contributed by atoms with Gasteiger partial charge in [-0.25, -0.2) is 12.8 Å². The molecule has 0 radical (unpaired) electrons. The molecule has 0 fully saturated rings. The minimum atomic E-state index is -3.63. The summed E-state index contributed by atoms with van der Waals surface area (Å²) in [5.74, 6) is -1.56. The number of nitrogens with one attached hydrogen (secondary N) is 1. The maximum absolute atomic E-state index is 13.7. The van der Waals surface area contributed by atoms with Gasteiger partial charge in [0.2, 0.25) is 0 Å². The van der Waals surface area contributed by atoms with Gasteiger partial charge in [0.05, 0.1) is 5.75 Å². The van der Waals surface area contributed by atoms with Crippen LogP contribution in [0.4, 0.5) is 4.39 Å². The molecule has 1 N–H and O–H groups in total. The van der Waals surface area contributed by atoms with E-state index in [9.17, 15) is 17.6 Å². The van der Waals surface area contributed by atoms with Crippen molar-refractivity contribution >= 4 is 15.7 Å². The minimum Gasteiger partial charge on any atom is -0.455 e. The Morgan fingerprint density at radius 1 is 1.11 bits per heavy atom. The van der Waals surface area contributed by atoms with E-state index in [0.29, 0.717) is 6.54 Å². The van der Waals surface area contributed by atoms with Crippen LogP contribution in [0.5, 0.6) is 0 Å². The third kappa shape index (κ3) is 6.48. The van der Waals surface area contributed by atoms with Gasteiger partial charge in [0.1, 0.15) is 17.3 Å². The summed E-state index contributed by atoms with van der Waals surface area (Å²) < 4.78 is 43.6. The highest BCUT2D eigenvalue weighted by molar-refractivity contribution is 7.89. The molecule has 2 aromatic rings. The Morgan fingerprint density at radius 3 is 2.48 bits per heavy atom. The number of hydrogen-bond donors (Lipinski definition) is 1. The molecule has 6 nitrogen and oxygen atoms in total. The Labute approximate surface area is 159 Å². The molecule has 27 heavy (non-hydrogen) atoms. The third-order valence-corrected chi connectivity index (χ3v) is 5.66. The summed E-state index contributed by atoms with van der Waals surface area (Å²) in [4.78, 5) is 14.3. The number of hydrogen-bond acceptors (Lipinski definition) is 5. The lowest BCUT2D eigenvalue weighted by atomic mass is 10.2. The van der Waals surface area contributed by atoms with Crippen LogP contribution in [0.2, 0.25) is 0 Å². The molecule has 0 aliphatic carbocycles. The van der Waals surface area contributed by atoms with Crippen molar-refractivity contribution in [2.45, 2.75) is 25.4 Å². The number of amides is 1. The van der Waals surface area contributed by atoms with E-state index in [1.807, 2.05) is 13.8 Å². The van der Waals surface area contributed by atoms with E-state index in [0.717, 1.165) is 19.6 Å². The molecule has 0 atom stereocenters. The van der Waals surface area contributed by atoms with Crippen molar-refractivity contribution in [3.05, 3.63) is 59.3 Å². The second kappa shape index (κ2) is 9.66. The fraction of sp³-hybridized carbons (Fsp3) is 0.421. The van der Waals surface area contributed by atoms with E-state index in [1.165, 1.54) is 30.3 Å². The molecule has 0 saturated carbocycles. The van der Waals surface area contributed by atoms with E-state index in [4.69, 9.17) is 4.42 Å². The summed E-state index contributed by atoms with van der Waals surface area (Å²) in [5, 5.41) is 2.75. The average molecular weight is 396 g/mol. The predicted octanol–water partition coefficient (Wildman–Crippen LogP) is 2.61. The molecular formula is C19H25FN2O4S. The van der Waals surface area contributed by atoms with Crippen LogP contribution in [0.1, 0.15) is 35.7 Å². The average Bonchev–Trinajstić information content (AvgIpc) is 3.08. The van der Waals surface area contributed by atoms with Gasteiger partial charge < -0.3 is 14.6 Å². The highest BCUT2D eigenvalue weighted by Crippen LogP contribution is 2.17. The maximum Gasteiger partial charge on any atom is 0.287 e. The molecule has 0 unspecified atom stereocenters. The molecule has 0 spiro atoms. The second-order valence-electron chi connectivity index (χ2n) is 6.17. The van der Waals surface area contributed by atoms with E-state index >= 15 is 0 Å². The van der Waals surface area contributed by atoms with E-state index in [-0.39, 0.29) is 23.0 Å². The fourth-order valence-corrected chi connectivity index (χ4v) is 4.05. The first-order valence-electron chi connectivity index (χ1n) is 8.87. The Morgan fingerprint density at radius 2 is 1.81 bits per heavy atom. The van der Waals surface area contributed by atoms with Crippen molar-refractivity contribution < 1.29 is 22.0 Å². The van der Waals surface area contributed by atoms with Crippen LogP contribution in [0.15, 0.2) is 40.8 Å². The number of rotatable bonds is 10. The highest BCUT2D eigenvalue weighted by Gasteiger charge is 2.19. The number of likely N-dealkylation sites (N-methyl/N-ethyl adjacent to an activating group) is 1. The van der Waals surface area contributed by atoms with E-state index in [1.54, 1.807) is 6.07 Å². The zero-order valence-corrected chi connectivity index (χ0v) is 16.4. The molecular weight excluding hydrogens is 371 g/mol. The van der Waals surface area contributed by atoms with Gasteiger partial charge in [-0.3, -0.25) is 4.79 Å². The van der Waals surface area contributed by atoms with E-state index in [2.05, 4.69) is 10.2 Å². The Bertz CT molecular complexity index is 860. The van der Waals surface area contributed by atoms with Crippen molar-refractivity contribution in [1.29, 1.82) is 0 Å². The van der Waals surface area contributed by atoms with Crippen LogP contribution in [0.3, 0.4) is 0 Å². The number of carbonyl (C=O) groups excluding carboxylic acids is 1. The minimum absolute atomic E-state index is 0.0608. The number of benzene rings is 1. The lowest BCUT2D eigenvalue weighted by Gasteiger charge is -2.17. The zero-order chi connectivity index (χ0) is 19.9. The lowest BCUT2D eigenvalue weighted by molar-refractivity contribution is 0.0919. The standard InChI is InChI=1S/C19H25FN2O4S/c1-3-22(4-2)12-11-21-19(23)18-10-9-16(26-18)14-27(24,25)13-15-7-5-6-8-17(15)20/h5-10H,3-4,11-14H2,1-2H3,(H,21,23). The molecule has 8 heteroatoms. The third-order valence-electron chi connectivity index (χ3n) is 4.19. The van der Waals surface area contributed by atoms with Gasteiger partial charge in [-0.05, 0) is 31.3 Å². The fourth-order valence-electron chi connectivity index (χ4n) is 2.65. The van der Waals surface area contributed by atoms with Crippen LogP contribution >= 0.6 is 0 Å². The van der Waals surface area contributed by atoms with Gasteiger partial charge in [-0.2, -0.15) is 0 Å². The molecule has 1 aromatic carbocycles. The van der Waals surface area contributed by atoms with Gasteiger partial charge in [0.25, 0.3) is 5.91 Å². The summed E-state index contributed by atoms with van der Waals surface area (Å²) in [5.41, 5.74) is 0.110. The smallest absolute Gasteiger partial charge is 0.287 e. The first kappa shape index (κ1) is 21.1. The molecule has 148 valence electrons. The number of carbonyl (C=O) groups is 1. The Balaban J connectivity index is 1.92. The monoisotopic (exact) mass is 396 g/mol. The van der Waals surface area contributed by atoms with Crippen LogP contribution in [0.25, 0.3) is 0 Å². The zero-order valence-electron chi connectivity index (χ0n) is 15.6. The first-order valence-corrected chi connectivity index (χ1v) is 10.7. The van der Waals surface area contributed by atoms with Crippen LogP contribution in [0, 0.1) is 5.82 Å². The normalized spacial score (nSPS) is 11.7. The maximum atomic E-state index is 13.7. The SMILES string of the molecule is CCN(CC)CCNC(=O)c1ccc(CS(=O)(=O)Cc2ccccc2F)o1. The quantitative estimate of drug-likeness (QED) is 0.668. The van der Waals surface area contributed by atoms with Crippen LogP contribution < -0.4 is 5.32 Å². The molecule has 0 aliphatic rings. The Kier molecular flexibility index (Phi) is 7.55. The number of furan rings is 1. The molecule has 0 saturated heterocycles. The van der Waals surface area contributed by atoms with Gasteiger partial charge in [0, 0.05) is 18.7 Å². The van der Waals surface area contributed by atoms with Crippen molar-refractivity contribution in [2.75, 3.05) is 26.2 Å². The molecule has 0 bridgehead atoms. The van der Waals surface area contributed by atoms with Gasteiger partial charge in [0.15, 0.2) is 15.6 Å². The van der Waals surface area contributed by atoms with Gasteiger partial charge >= 0.3 is 0 Å². The summed E-state index contributed by atoms with van der Waals surface area (Å²) in [7, 11) is -3.63. The van der Waals surface area contributed by atoms with Crippen LogP contribution in [-0.4, -0.2) is 45.4 Å². The molecule has 1 aromatic heterocycles. The second-order valence-corrected chi connectivity index (χ2v) is 8.24. The lowest BCUT2D eigenvalue weighted by Crippen LogP contribution is -2.34. The van der Waals surface area contributed by atoms with Crippen molar-refractivity contribution in [1.82, 2.24) is 10.2 Å². The first-order chi connectivity index (χ1) is 12.8. The van der Waals surface area contributed by atoms with Crippen molar-refractivity contribution in [3.63, 3.8) is 0 Å². The molecule has 1 amide bonds. The summed E-state index contributed by atoms with van der Waals surface area (Å²) in [6.07, 6.45) is 0. The van der Waals surface area contributed by atoms with Crippen LogP contribution in [-0.2, 0) is 21.3 Å². The van der Waals surface area contributed by atoms with Gasteiger partial charge in [-0.15, -0.1) is 0 Å². The number of sulfone groups is 1. The number of nitrogens with zero attached hydrogens (tertiary/aromatic N) is 1. The summed E-state index contributed by atoms with van der Waals surface area (Å²) in [6.45, 7) is 7.09. The number of halogens is 1. The summed E-state index contributed by atoms with van der Waals surface area (Å²) in [6, 6.07) is 8.64. The van der Waals surface area contributed by atoms with Gasteiger partial charge in [-0.1, -0.05) is 32.0 Å². The predicted molar refractivity (Wildman–Crippen MR) is 102 cm³/mol. The Hall–Kier alpha value is -2.19. The topological polar surface area (TPSA) is 79.6 Å². The summed E-state index contributed by atoms with van der Waals surface area (Å²) >= 11 is 0.